The molecule has 0 aliphatic heterocycles. The molecule has 8 nitrogen and oxygen atoms in total. The van der Waals surface area contributed by atoms with Crippen molar-refractivity contribution < 1.29 is 0 Å². The zero-order chi connectivity index (χ0) is 15.2. The minimum absolute atomic E-state index is 0.100. The van der Waals surface area contributed by atoms with Crippen LogP contribution in [0.3, 0.4) is 0 Å². The summed E-state index contributed by atoms with van der Waals surface area (Å²) in [5.41, 5.74) is 11.2. The second-order valence-corrected chi connectivity index (χ2v) is 6.41. The van der Waals surface area contributed by atoms with Crippen LogP contribution in [-0.2, 0) is 13.0 Å². The summed E-state index contributed by atoms with van der Waals surface area (Å²) in [4.78, 5) is 8.67. The van der Waals surface area contributed by atoms with Crippen LogP contribution >= 0.6 is 23.5 Å². The fourth-order valence-electron chi connectivity index (χ4n) is 1.64. The second-order valence-electron chi connectivity index (χ2n) is 4.13. The number of hydrogen-bond acceptors (Lipinski definition) is 7. The highest BCUT2D eigenvalue weighted by Crippen LogP contribution is 2.11. The molecule has 2 aromatic rings. The van der Waals surface area contributed by atoms with Crippen LogP contribution in [-0.4, -0.2) is 41.6 Å². The lowest BCUT2D eigenvalue weighted by Crippen LogP contribution is -2.08. The van der Waals surface area contributed by atoms with Gasteiger partial charge in [0.15, 0.2) is 16.0 Å². The van der Waals surface area contributed by atoms with Crippen LogP contribution in [0, 0.1) is 10.8 Å². The molecule has 0 fully saturated rings. The molecule has 0 aliphatic rings. The van der Waals surface area contributed by atoms with Crippen LogP contribution in [0.25, 0.3) is 11.0 Å². The van der Waals surface area contributed by atoms with Gasteiger partial charge in [-0.05, 0) is 0 Å². The van der Waals surface area contributed by atoms with Crippen LogP contribution in [0.1, 0.15) is 5.82 Å². The van der Waals surface area contributed by atoms with Gasteiger partial charge in [-0.2, -0.15) is 5.10 Å². The minimum Gasteiger partial charge on any atom is -0.379 e. The number of nitrogens with two attached hydrogens (primary N) is 2. The molecule has 6 N–H and O–H groups in total. The van der Waals surface area contributed by atoms with E-state index in [1.54, 1.807) is 10.9 Å². The number of hydrogen-bond donors (Lipinski definition) is 4. The van der Waals surface area contributed by atoms with Gasteiger partial charge in [0.05, 0.1) is 11.9 Å². The number of amidine groups is 2. The van der Waals surface area contributed by atoms with Crippen LogP contribution in [0.15, 0.2) is 12.4 Å². The molecule has 2 heterocycles. The van der Waals surface area contributed by atoms with Gasteiger partial charge in [0.2, 0.25) is 0 Å². The number of fused-ring (bicyclic) bond motifs is 1. The summed E-state index contributed by atoms with van der Waals surface area (Å²) in [5.74, 6) is 2.06. The highest BCUT2D eigenvalue weighted by atomic mass is 32.2. The van der Waals surface area contributed by atoms with Crippen molar-refractivity contribution in [1.82, 2.24) is 19.7 Å². The van der Waals surface area contributed by atoms with Gasteiger partial charge < -0.3 is 11.5 Å². The summed E-state index contributed by atoms with van der Waals surface area (Å²) in [5, 5.41) is 19.8. The lowest BCUT2D eigenvalue weighted by molar-refractivity contribution is 0.672. The largest absolute Gasteiger partial charge is 0.379 e. The molecule has 2 aromatic heterocycles. The maximum absolute atomic E-state index is 7.15. The highest BCUT2D eigenvalue weighted by Gasteiger charge is 2.05. The Hall–Kier alpha value is -1.81. The quantitative estimate of drug-likeness (QED) is 0.450. The van der Waals surface area contributed by atoms with E-state index in [-0.39, 0.29) is 10.3 Å². The average molecular weight is 324 g/mol. The van der Waals surface area contributed by atoms with E-state index >= 15 is 0 Å². The number of nitrogens with one attached hydrogen (secondary N) is 2. The molecule has 0 aliphatic carbocycles. The first-order valence-corrected chi connectivity index (χ1v) is 8.14. The predicted octanol–water partition coefficient (Wildman–Crippen LogP) is 0.622. The molecule has 0 atom stereocenters. The smallest absolute Gasteiger partial charge is 0.184 e. The average Bonchev–Trinajstić information content (AvgIpc) is 2.79. The fourth-order valence-corrected chi connectivity index (χ4v) is 2.64. The van der Waals surface area contributed by atoms with E-state index in [0.717, 1.165) is 5.39 Å². The number of thioether (sulfide) groups is 2. The summed E-state index contributed by atoms with van der Waals surface area (Å²) in [6.07, 6.45) is 4.27. The Kier molecular flexibility index (Phi) is 5.39. The molecule has 21 heavy (non-hydrogen) atoms. The summed E-state index contributed by atoms with van der Waals surface area (Å²) >= 11 is 2.55. The number of aromatic nitrogens is 4. The van der Waals surface area contributed by atoms with Crippen molar-refractivity contribution in [3.05, 3.63) is 18.2 Å². The molecule has 0 saturated carbocycles. The fraction of sp³-hybridized carbons (Fsp3) is 0.364. The van der Waals surface area contributed by atoms with Crippen molar-refractivity contribution in [2.45, 2.75) is 13.0 Å². The van der Waals surface area contributed by atoms with E-state index < -0.39 is 0 Å². The lowest BCUT2D eigenvalue weighted by atomic mass is 10.4. The van der Waals surface area contributed by atoms with Crippen molar-refractivity contribution >= 4 is 44.9 Å². The van der Waals surface area contributed by atoms with Gasteiger partial charge in [0.1, 0.15) is 5.82 Å². The third kappa shape index (κ3) is 4.90. The van der Waals surface area contributed by atoms with Gasteiger partial charge in [-0.15, -0.1) is 0 Å². The molecule has 0 bridgehead atoms. The van der Waals surface area contributed by atoms with E-state index in [1.165, 1.54) is 23.5 Å². The van der Waals surface area contributed by atoms with Gasteiger partial charge in [-0.25, -0.2) is 9.97 Å². The van der Waals surface area contributed by atoms with Gasteiger partial charge >= 0.3 is 0 Å². The monoisotopic (exact) mass is 324 g/mol. The molecule has 2 rings (SSSR count). The van der Waals surface area contributed by atoms with Crippen LogP contribution in [0.4, 0.5) is 0 Å². The first-order valence-electron chi connectivity index (χ1n) is 6.17. The molecular weight excluding hydrogens is 308 g/mol. The molecule has 0 aromatic carbocycles. The molecule has 0 amide bonds. The Morgan fingerprint density at radius 2 is 1.90 bits per heavy atom. The maximum Gasteiger partial charge on any atom is 0.184 e. The lowest BCUT2D eigenvalue weighted by Gasteiger charge is -1.99. The molecular formula is C11H16N8S2. The van der Waals surface area contributed by atoms with E-state index in [2.05, 4.69) is 15.1 Å². The van der Waals surface area contributed by atoms with Crippen molar-refractivity contribution in [3.63, 3.8) is 0 Å². The minimum atomic E-state index is 0.100. The highest BCUT2D eigenvalue weighted by molar-refractivity contribution is 8.13. The van der Waals surface area contributed by atoms with Gasteiger partial charge in [0.25, 0.3) is 0 Å². The summed E-state index contributed by atoms with van der Waals surface area (Å²) in [7, 11) is 0. The number of aryl methyl sites for hydroxylation is 2. The number of nitrogens with zero attached hydrogens (tertiary/aromatic N) is 4. The first kappa shape index (κ1) is 15.6. The van der Waals surface area contributed by atoms with Gasteiger partial charge in [-0.3, -0.25) is 15.5 Å². The van der Waals surface area contributed by atoms with Gasteiger partial charge in [0, 0.05) is 30.3 Å². The zero-order valence-corrected chi connectivity index (χ0v) is 12.9. The standard InChI is InChI=1S/C11H16N8S2/c12-10(13)20-3-1-8-16-5-7-6-19(18-9(7)17-8)2-4-21-11(14)15/h5-6H,1-4H2,(H3,12,13)(H3,14,15). The van der Waals surface area contributed by atoms with Crippen LogP contribution in [0.5, 0.6) is 0 Å². The normalized spacial score (nSPS) is 10.9. The van der Waals surface area contributed by atoms with Gasteiger partial charge in [-0.1, -0.05) is 23.5 Å². The third-order valence-electron chi connectivity index (χ3n) is 2.52. The number of rotatable bonds is 6. The summed E-state index contributed by atoms with van der Waals surface area (Å²) in [6.45, 7) is 0.663. The Labute approximate surface area is 130 Å². The van der Waals surface area contributed by atoms with Crippen molar-refractivity contribution in [2.75, 3.05) is 11.5 Å². The molecule has 0 unspecified atom stereocenters. The van der Waals surface area contributed by atoms with Crippen molar-refractivity contribution in [1.29, 1.82) is 10.8 Å². The van der Waals surface area contributed by atoms with E-state index in [9.17, 15) is 0 Å². The molecule has 10 heteroatoms. The summed E-state index contributed by atoms with van der Waals surface area (Å²) in [6, 6.07) is 0. The second kappa shape index (κ2) is 7.27. The predicted molar refractivity (Wildman–Crippen MR) is 87.8 cm³/mol. The van der Waals surface area contributed by atoms with E-state index in [0.29, 0.717) is 35.9 Å². The Morgan fingerprint density at radius 3 is 2.62 bits per heavy atom. The van der Waals surface area contributed by atoms with E-state index in [1.807, 2.05) is 6.20 Å². The Balaban J connectivity index is 1.98. The molecule has 0 radical (unpaired) electrons. The Bertz CT molecular complexity index is 635. The van der Waals surface area contributed by atoms with E-state index in [4.69, 9.17) is 22.3 Å². The molecule has 0 saturated heterocycles. The topological polar surface area (TPSA) is 143 Å². The molecule has 112 valence electrons. The summed E-state index contributed by atoms with van der Waals surface area (Å²) < 4.78 is 1.78. The first-order chi connectivity index (χ1) is 10.0. The SMILES string of the molecule is N=C(N)SCCc1ncc2cn(CCSC(=N)N)nc2n1. The third-order valence-corrected chi connectivity index (χ3v) is 3.94. The van der Waals surface area contributed by atoms with Crippen LogP contribution < -0.4 is 11.5 Å². The van der Waals surface area contributed by atoms with Crippen molar-refractivity contribution in [3.8, 4) is 0 Å². The maximum atomic E-state index is 7.15. The Morgan fingerprint density at radius 1 is 1.19 bits per heavy atom. The zero-order valence-electron chi connectivity index (χ0n) is 11.2. The molecule has 0 spiro atoms. The van der Waals surface area contributed by atoms with Crippen LogP contribution in [0.2, 0.25) is 0 Å². The van der Waals surface area contributed by atoms with Crippen molar-refractivity contribution in [2.24, 2.45) is 11.5 Å².